The van der Waals surface area contributed by atoms with Crippen molar-refractivity contribution in [1.29, 1.82) is 0 Å². The van der Waals surface area contributed by atoms with E-state index in [0.717, 1.165) is 23.2 Å². The van der Waals surface area contributed by atoms with Gasteiger partial charge in [0, 0.05) is 0 Å². The Morgan fingerprint density at radius 1 is 0.444 bits per heavy atom. The van der Waals surface area contributed by atoms with Crippen LogP contribution in [0.3, 0.4) is 0 Å². The minimum atomic E-state index is 0.152. The van der Waals surface area contributed by atoms with Crippen LogP contribution < -0.4 is 0 Å². The van der Waals surface area contributed by atoms with Crippen molar-refractivity contribution in [2.75, 3.05) is 0 Å². The minimum Gasteiger partial charge on any atom is -0.0769 e. The maximum absolute atomic E-state index is 3.08. The Morgan fingerprint density at radius 2 is 0.778 bits per heavy atom. The standard InChI is InChI=1S/C26H45P/c1-5-13-22(14-6-1)26(23-15-7-2-8-16-23)21-27(24-17-9-3-10-18-24)25-19-11-4-12-20-25/h21-25H,1-20H2. The molecule has 0 nitrogen and oxygen atoms in total. The van der Waals surface area contributed by atoms with Crippen LogP contribution in [0.2, 0.25) is 0 Å². The van der Waals surface area contributed by atoms with Crippen molar-refractivity contribution in [2.24, 2.45) is 11.8 Å². The highest BCUT2D eigenvalue weighted by atomic mass is 31.1. The molecule has 4 aliphatic carbocycles. The Labute approximate surface area is 171 Å². The zero-order chi connectivity index (χ0) is 18.3. The molecule has 4 rings (SSSR count). The Kier molecular flexibility index (Phi) is 8.18. The van der Waals surface area contributed by atoms with Crippen LogP contribution in [0.1, 0.15) is 128 Å². The van der Waals surface area contributed by atoms with Crippen LogP contribution >= 0.6 is 7.92 Å². The predicted molar refractivity (Wildman–Crippen MR) is 122 cm³/mol. The first-order valence-corrected chi connectivity index (χ1v) is 14.5. The third kappa shape index (κ3) is 5.62. The fraction of sp³-hybridized carbons (Fsp3) is 0.923. The average molecular weight is 389 g/mol. The molecule has 154 valence electrons. The fourth-order valence-electron chi connectivity index (χ4n) is 6.86. The molecule has 0 bridgehead atoms. The predicted octanol–water partition coefficient (Wildman–Crippen LogP) is 9.18. The summed E-state index contributed by atoms with van der Waals surface area (Å²) in [4.78, 5) is 0. The first kappa shape index (κ1) is 20.4. The van der Waals surface area contributed by atoms with E-state index in [1.54, 1.807) is 25.7 Å². The highest BCUT2D eigenvalue weighted by molar-refractivity contribution is 7.62. The largest absolute Gasteiger partial charge is 0.0769 e. The average Bonchev–Trinajstić information content (AvgIpc) is 2.77. The van der Waals surface area contributed by atoms with Gasteiger partial charge < -0.3 is 0 Å². The summed E-state index contributed by atoms with van der Waals surface area (Å²) in [6.07, 6.45) is 30.6. The summed E-state index contributed by atoms with van der Waals surface area (Å²) in [5, 5.41) is 0. The van der Waals surface area contributed by atoms with Crippen molar-refractivity contribution in [2.45, 2.75) is 140 Å². The lowest BCUT2D eigenvalue weighted by Crippen LogP contribution is -2.22. The van der Waals surface area contributed by atoms with Gasteiger partial charge in [0.25, 0.3) is 0 Å². The van der Waals surface area contributed by atoms with Gasteiger partial charge in [-0.25, -0.2) is 0 Å². The van der Waals surface area contributed by atoms with Crippen LogP contribution in [-0.2, 0) is 0 Å². The topological polar surface area (TPSA) is 0 Å². The summed E-state index contributed by atoms with van der Waals surface area (Å²) in [7, 11) is 0.152. The van der Waals surface area contributed by atoms with Crippen molar-refractivity contribution in [3.05, 3.63) is 11.4 Å². The Balaban J connectivity index is 1.59. The molecule has 0 aliphatic heterocycles. The van der Waals surface area contributed by atoms with Gasteiger partial charge in [-0.15, -0.1) is 0 Å². The van der Waals surface area contributed by atoms with Crippen LogP contribution in [0.4, 0.5) is 0 Å². The van der Waals surface area contributed by atoms with Gasteiger partial charge >= 0.3 is 0 Å². The number of hydrogen-bond donors (Lipinski definition) is 0. The van der Waals surface area contributed by atoms with Crippen LogP contribution in [0.15, 0.2) is 11.4 Å². The summed E-state index contributed by atoms with van der Waals surface area (Å²) in [5.41, 5.74) is 4.23. The highest BCUT2D eigenvalue weighted by Gasteiger charge is 2.33. The van der Waals surface area contributed by atoms with Crippen molar-refractivity contribution in [3.63, 3.8) is 0 Å². The first-order valence-electron chi connectivity index (χ1n) is 12.9. The summed E-state index contributed by atoms with van der Waals surface area (Å²) < 4.78 is 0. The molecule has 0 atom stereocenters. The fourth-order valence-corrected chi connectivity index (χ4v) is 10.6. The summed E-state index contributed by atoms with van der Waals surface area (Å²) in [6, 6.07) is 0. The normalized spacial score (nSPS) is 27.7. The number of allylic oxidation sites excluding steroid dienone is 1. The van der Waals surface area contributed by atoms with E-state index in [9.17, 15) is 0 Å². The molecule has 0 saturated heterocycles. The monoisotopic (exact) mass is 388 g/mol. The van der Waals surface area contributed by atoms with Crippen LogP contribution in [0.5, 0.6) is 0 Å². The SMILES string of the molecule is C(=C(C1CCCCC1)C1CCCCC1)P(C1CCCCC1)C1CCCCC1. The third-order valence-electron chi connectivity index (χ3n) is 8.44. The zero-order valence-electron chi connectivity index (χ0n) is 18.0. The molecule has 0 unspecified atom stereocenters. The van der Waals surface area contributed by atoms with Gasteiger partial charge in [-0.05, 0) is 74.5 Å². The van der Waals surface area contributed by atoms with Crippen LogP contribution in [0, 0.1) is 11.8 Å². The second-order valence-corrected chi connectivity index (χ2v) is 12.9. The minimum absolute atomic E-state index is 0.152. The molecule has 4 aliphatic rings. The quantitative estimate of drug-likeness (QED) is 0.412. The molecule has 0 N–H and O–H groups in total. The Morgan fingerprint density at radius 3 is 1.15 bits per heavy atom. The van der Waals surface area contributed by atoms with Gasteiger partial charge in [0.2, 0.25) is 0 Å². The number of rotatable bonds is 5. The van der Waals surface area contributed by atoms with Crippen LogP contribution in [0.25, 0.3) is 0 Å². The summed E-state index contributed by atoms with van der Waals surface area (Å²) >= 11 is 0. The summed E-state index contributed by atoms with van der Waals surface area (Å²) in [6.45, 7) is 0. The van der Waals surface area contributed by atoms with Crippen molar-refractivity contribution < 1.29 is 0 Å². The van der Waals surface area contributed by atoms with E-state index in [1.807, 2.05) is 5.57 Å². The van der Waals surface area contributed by atoms with E-state index in [-0.39, 0.29) is 7.92 Å². The lowest BCUT2D eigenvalue weighted by Gasteiger charge is -2.40. The van der Waals surface area contributed by atoms with Crippen molar-refractivity contribution in [3.8, 4) is 0 Å². The van der Waals surface area contributed by atoms with E-state index < -0.39 is 0 Å². The lowest BCUT2D eigenvalue weighted by molar-refractivity contribution is 0.326. The zero-order valence-corrected chi connectivity index (χ0v) is 18.9. The maximum atomic E-state index is 3.08. The van der Waals surface area contributed by atoms with Crippen LogP contribution in [-0.4, -0.2) is 11.3 Å². The molecule has 0 aromatic heterocycles. The molecule has 0 radical (unpaired) electrons. The van der Waals surface area contributed by atoms with Crippen molar-refractivity contribution in [1.82, 2.24) is 0 Å². The maximum Gasteiger partial charge on any atom is -0.0172 e. The van der Waals surface area contributed by atoms with E-state index in [0.29, 0.717) is 0 Å². The molecule has 1 heteroatoms. The van der Waals surface area contributed by atoms with Gasteiger partial charge in [0.1, 0.15) is 0 Å². The molecule has 4 saturated carbocycles. The highest BCUT2D eigenvalue weighted by Crippen LogP contribution is 2.59. The molecule has 0 spiro atoms. The summed E-state index contributed by atoms with van der Waals surface area (Å²) in [5.74, 6) is 5.05. The van der Waals surface area contributed by atoms with E-state index in [4.69, 9.17) is 0 Å². The lowest BCUT2D eigenvalue weighted by atomic mass is 9.74. The first-order chi connectivity index (χ1) is 13.4. The second kappa shape index (κ2) is 10.8. The molecule has 0 amide bonds. The molecule has 0 heterocycles. The van der Waals surface area contributed by atoms with Gasteiger partial charge in [0.15, 0.2) is 0 Å². The van der Waals surface area contributed by atoms with Crippen molar-refractivity contribution >= 4 is 7.92 Å². The molecular formula is C26H45P. The Bertz CT molecular complexity index is 405. The second-order valence-electron chi connectivity index (χ2n) is 10.3. The Hall–Kier alpha value is 0.170. The van der Waals surface area contributed by atoms with Gasteiger partial charge in [0.05, 0.1) is 0 Å². The van der Waals surface area contributed by atoms with E-state index >= 15 is 0 Å². The molecular weight excluding hydrogens is 343 g/mol. The molecule has 0 aromatic carbocycles. The van der Waals surface area contributed by atoms with Gasteiger partial charge in [-0.1, -0.05) is 96.4 Å². The molecule has 4 fully saturated rings. The van der Waals surface area contributed by atoms with Gasteiger partial charge in [-0.2, -0.15) is 0 Å². The van der Waals surface area contributed by atoms with E-state index in [1.165, 1.54) is 103 Å². The van der Waals surface area contributed by atoms with Gasteiger partial charge in [-0.3, -0.25) is 0 Å². The smallest absolute Gasteiger partial charge is 0.0172 e. The molecule has 0 aromatic rings. The third-order valence-corrected chi connectivity index (χ3v) is 11.8. The number of hydrogen-bond acceptors (Lipinski definition) is 0. The molecule has 27 heavy (non-hydrogen) atoms. The van der Waals surface area contributed by atoms with E-state index in [2.05, 4.69) is 5.82 Å².